The molecule has 1 aliphatic heterocycles. The maximum Gasteiger partial charge on any atom is 0.250 e. The van der Waals surface area contributed by atoms with Crippen LogP contribution in [-0.4, -0.2) is 30.4 Å². The first-order valence-corrected chi connectivity index (χ1v) is 4.16. The molecule has 76 valence electrons. The van der Waals surface area contributed by atoms with Gasteiger partial charge in [-0.3, -0.25) is 0 Å². The van der Waals surface area contributed by atoms with Crippen molar-refractivity contribution in [3.63, 3.8) is 0 Å². The summed E-state index contributed by atoms with van der Waals surface area (Å²) in [7, 11) is 1.33. The molecule has 1 N–H and O–H groups in total. The van der Waals surface area contributed by atoms with Gasteiger partial charge in [-0.2, -0.15) is 0 Å². The second-order valence-corrected chi connectivity index (χ2v) is 3.21. The SMILES string of the molecule is COc1nccc(C2(O)COC2)c1F. The number of nitrogens with zero attached hydrogens (tertiary/aromatic N) is 1. The summed E-state index contributed by atoms with van der Waals surface area (Å²) in [6.07, 6.45) is 1.40. The first kappa shape index (κ1) is 9.36. The van der Waals surface area contributed by atoms with Gasteiger partial charge in [-0.15, -0.1) is 0 Å². The maximum atomic E-state index is 13.6. The fourth-order valence-corrected chi connectivity index (χ4v) is 1.38. The standard InChI is InChI=1S/C9H10FNO3/c1-13-8-7(10)6(2-3-11-8)9(12)4-14-5-9/h2-3,12H,4-5H2,1H3. The molecule has 2 rings (SSSR count). The monoisotopic (exact) mass is 199 g/mol. The zero-order chi connectivity index (χ0) is 10.2. The van der Waals surface area contributed by atoms with E-state index in [0.29, 0.717) is 0 Å². The third-order valence-electron chi connectivity index (χ3n) is 2.23. The van der Waals surface area contributed by atoms with Gasteiger partial charge in [0.15, 0.2) is 5.82 Å². The third-order valence-corrected chi connectivity index (χ3v) is 2.23. The quantitative estimate of drug-likeness (QED) is 0.751. The molecule has 0 aromatic carbocycles. The van der Waals surface area contributed by atoms with E-state index in [-0.39, 0.29) is 24.7 Å². The minimum absolute atomic E-state index is 0.108. The van der Waals surface area contributed by atoms with E-state index < -0.39 is 11.4 Å². The van der Waals surface area contributed by atoms with Gasteiger partial charge in [0.2, 0.25) is 5.88 Å². The van der Waals surface area contributed by atoms with Crippen LogP contribution in [0.5, 0.6) is 5.88 Å². The van der Waals surface area contributed by atoms with Crippen molar-refractivity contribution < 1.29 is 19.0 Å². The van der Waals surface area contributed by atoms with E-state index in [9.17, 15) is 9.50 Å². The Hall–Kier alpha value is -1.20. The van der Waals surface area contributed by atoms with Crippen molar-refractivity contribution in [3.05, 3.63) is 23.6 Å². The van der Waals surface area contributed by atoms with Crippen molar-refractivity contribution in [2.24, 2.45) is 0 Å². The summed E-state index contributed by atoms with van der Waals surface area (Å²) < 4.78 is 23.1. The topological polar surface area (TPSA) is 51.6 Å². The van der Waals surface area contributed by atoms with Crippen molar-refractivity contribution >= 4 is 0 Å². The van der Waals surface area contributed by atoms with E-state index in [1.165, 1.54) is 19.4 Å². The number of hydrogen-bond acceptors (Lipinski definition) is 4. The Morgan fingerprint density at radius 3 is 2.86 bits per heavy atom. The van der Waals surface area contributed by atoms with Gasteiger partial charge in [0, 0.05) is 11.8 Å². The highest BCUT2D eigenvalue weighted by molar-refractivity contribution is 5.30. The second kappa shape index (κ2) is 3.18. The minimum atomic E-state index is -1.22. The molecule has 1 aromatic rings. The minimum Gasteiger partial charge on any atom is -0.479 e. The van der Waals surface area contributed by atoms with Crippen LogP contribution in [0.3, 0.4) is 0 Å². The molecule has 0 saturated carbocycles. The molecule has 0 aliphatic carbocycles. The number of ether oxygens (including phenoxy) is 2. The number of hydrogen-bond donors (Lipinski definition) is 1. The van der Waals surface area contributed by atoms with Crippen molar-refractivity contribution in [3.8, 4) is 5.88 Å². The van der Waals surface area contributed by atoms with E-state index in [2.05, 4.69) is 4.98 Å². The molecule has 0 atom stereocenters. The maximum absolute atomic E-state index is 13.6. The molecular weight excluding hydrogens is 189 g/mol. The predicted octanol–water partition coefficient (Wildman–Crippen LogP) is 0.447. The van der Waals surface area contributed by atoms with Crippen molar-refractivity contribution in [1.82, 2.24) is 4.98 Å². The fourth-order valence-electron chi connectivity index (χ4n) is 1.38. The average Bonchev–Trinajstić information content (AvgIpc) is 2.15. The summed E-state index contributed by atoms with van der Waals surface area (Å²) >= 11 is 0. The van der Waals surface area contributed by atoms with Crippen LogP contribution >= 0.6 is 0 Å². The molecule has 0 spiro atoms. The highest BCUT2D eigenvalue weighted by Crippen LogP contribution is 2.33. The first-order valence-electron chi connectivity index (χ1n) is 4.16. The van der Waals surface area contributed by atoms with E-state index in [4.69, 9.17) is 9.47 Å². The molecule has 1 saturated heterocycles. The number of pyridine rings is 1. The lowest BCUT2D eigenvalue weighted by Gasteiger charge is -2.36. The summed E-state index contributed by atoms with van der Waals surface area (Å²) in [5.41, 5.74) is -1.05. The molecule has 0 unspecified atom stereocenters. The Labute approximate surface area is 80.3 Å². The fraction of sp³-hybridized carbons (Fsp3) is 0.444. The van der Waals surface area contributed by atoms with Crippen LogP contribution in [-0.2, 0) is 10.3 Å². The van der Waals surface area contributed by atoms with Gasteiger partial charge < -0.3 is 14.6 Å². The van der Waals surface area contributed by atoms with Crippen LogP contribution < -0.4 is 4.74 Å². The number of halogens is 1. The third kappa shape index (κ3) is 1.25. The summed E-state index contributed by atoms with van der Waals surface area (Å²) in [6, 6.07) is 1.43. The van der Waals surface area contributed by atoms with Crippen molar-refractivity contribution in [2.45, 2.75) is 5.60 Å². The lowest BCUT2D eigenvalue weighted by atomic mass is 9.92. The largest absolute Gasteiger partial charge is 0.479 e. The molecule has 1 aromatic heterocycles. The molecule has 5 heteroatoms. The summed E-state index contributed by atoms with van der Waals surface area (Å²) in [6.45, 7) is 0.216. The van der Waals surface area contributed by atoms with Crippen LogP contribution in [0.15, 0.2) is 12.3 Å². The van der Waals surface area contributed by atoms with Crippen LogP contribution in [0.4, 0.5) is 4.39 Å². The molecule has 2 heterocycles. The molecule has 0 radical (unpaired) electrons. The van der Waals surface area contributed by atoms with Gasteiger partial charge >= 0.3 is 0 Å². The average molecular weight is 199 g/mol. The second-order valence-electron chi connectivity index (χ2n) is 3.21. The smallest absolute Gasteiger partial charge is 0.250 e. The Morgan fingerprint density at radius 2 is 2.36 bits per heavy atom. The van der Waals surface area contributed by atoms with Crippen LogP contribution in [0.2, 0.25) is 0 Å². The normalized spacial score (nSPS) is 18.8. The van der Waals surface area contributed by atoms with Crippen molar-refractivity contribution in [2.75, 3.05) is 20.3 Å². The highest BCUT2D eigenvalue weighted by Gasteiger charge is 2.41. The lowest BCUT2D eigenvalue weighted by Crippen LogP contribution is -2.47. The zero-order valence-electron chi connectivity index (χ0n) is 7.66. The lowest BCUT2D eigenvalue weighted by molar-refractivity contribution is -0.186. The zero-order valence-corrected chi connectivity index (χ0v) is 7.66. The Morgan fingerprint density at radius 1 is 1.64 bits per heavy atom. The van der Waals surface area contributed by atoms with Crippen LogP contribution in [0, 0.1) is 5.82 Å². The van der Waals surface area contributed by atoms with Crippen molar-refractivity contribution in [1.29, 1.82) is 0 Å². The van der Waals surface area contributed by atoms with Crippen LogP contribution in [0.1, 0.15) is 5.56 Å². The summed E-state index contributed by atoms with van der Waals surface area (Å²) in [5.74, 6) is -0.733. The van der Waals surface area contributed by atoms with Crippen LogP contribution in [0.25, 0.3) is 0 Å². The van der Waals surface area contributed by atoms with Gasteiger partial charge in [-0.25, -0.2) is 9.37 Å². The Balaban J connectivity index is 2.43. The first-order chi connectivity index (χ1) is 6.67. The molecular formula is C9H10FNO3. The summed E-state index contributed by atoms with van der Waals surface area (Å²) in [4.78, 5) is 3.68. The van der Waals surface area contributed by atoms with E-state index >= 15 is 0 Å². The Bertz CT molecular complexity index is 352. The molecule has 0 amide bonds. The number of methoxy groups -OCH3 is 1. The molecule has 0 bridgehead atoms. The molecule has 1 aliphatic rings. The number of aliphatic hydroxyl groups is 1. The van der Waals surface area contributed by atoms with Gasteiger partial charge in [0.1, 0.15) is 5.60 Å². The van der Waals surface area contributed by atoms with Gasteiger partial charge in [-0.1, -0.05) is 0 Å². The number of rotatable bonds is 2. The van der Waals surface area contributed by atoms with E-state index in [1.54, 1.807) is 0 Å². The molecule has 4 nitrogen and oxygen atoms in total. The Kier molecular flexibility index (Phi) is 2.13. The van der Waals surface area contributed by atoms with Gasteiger partial charge in [0.05, 0.1) is 20.3 Å². The summed E-state index contributed by atoms with van der Waals surface area (Å²) in [5, 5.41) is 9.83. The molecule has 1 fully saturated rings. The predicted molar refractivity (Wildman–Crippen MR) is 45.5 cm³/mol. The van der Waals surface area contributed by atoms with E-state index in [0.717, 1.165) is 0 Å². The number of aromatic nitrogens is 1. The van der Waals surface area contributed by atoms with E-state index in [1.807, 2.05) is 0 Å². The highest BCUT2D eigenvalue weighted by atomic mass is 19.1. The van der Waals surface area contributed by atoms with Gasteiger partial charge in [-0.05, 0) is 6.07 Å². The molecule has 14 heavy (non-hydrogen) atoms. The van der Waals surface area contributed by atoms with Gasteiger partial charge in [0.25, 0.3) is 0 Å².